The van der Waals surface area contributed by atoms with Crippen molar-refractivity contribution >= 4 is 23.3 Å². The molecule has 2 aliphatic rings. The van der Waals surface area contributed by atoms with Crippen molar-refractivity contribution in [3.8, 4) is 11.1 Å². The summed E-state index contributed by atoms with van der Waals surface area (Å²) in [5, 5.41) is 3.05. The molecule has 2 aromatic carbocycles. The maximum Gasteiger partial charge on any atom is 0.435 e. The van der Waals surface area contributed by atoms with E-state index in [4.69, 9.17) is 0 Å². The van der Waals surface area contributed by atoms with Crippen LogP contribution in [0.15, 0.2) is 42.6 Å². The van der Waals surface area contributed by atoms with Crippen LogP contribution in [0, 0.1) is 17.5 Å². The van der Waals surface area contributed by atoms with Gasteiger partial charge in [0.25, 0.3) is 11.8 Å². The minimum Gasteiger partial charge on any atom is -0.340 e. The number of anilines is 1. The zero-order chi connectivity index (χ0) is 39.3. The number of carbonyl (C=O) groups excluding carboxylic acids is 3. The average Bonchev–Trinajstić information content (AvgIpc) is 3.49. The minimum absolute atomic E-state index is 0.0272. The molecule has 1 aliphatic carbocycles. The van der Waals surface area contributed by atoms with Crippen LogP contribution in [0.3, 0.4) is 0 Å². The highest BCUT2D eigenvalue weighted by atomic mass is 19.4. The normalized spacial score (nSPS) is 17.3. The Morgan fingerprint density at radius 2 is 1.57 bits per heavy atom. The minimum atomic E-state index is -5.58. The summed E-state index contributed by atoms with van der Waals surface area (Å²) in [6.07, 6.45) is -8.32. The molecule has 0 bridgehead atoms. The van der Waals surface area contributed by atoms with Gasteiger partial charge in [-0.15, -0.1) is 0 Å². The summed E-state index contributed by atoms with van der Waals surface area (Å²) in [6, 6.07) is 5.88. The number of ketones is 3. The molecule has 1 atom stereocenters. The highest BCUT2D eigenvalue weighted by molar-refractivity contribution is 5.95. The number of Topliss-reactive ketones (excluding diaryl/α,β-unsaturated/α-hetero) is 3. The molecule has 286 valence electrons. The highest BCUT2D eigenvalue weighted by Crippen LogP contribution is 2.53. The third-order valence-corrected chi connectivity index (χ3v) is 9.34. The molecule has 6 rings (SSSR count). The number of fused-ring (bicyclic) bond motifs is 1. The Morgan fingerprint density at radius 1 is 0.926 bits per heavy atom. The van der Waals surface area contributed by atoms with Crippen molar-refractivity contribution < 1.29 is 58.3 Å². The van der Waals surface area contributed by atoms with Gasteiger partial charge >= 0.3 is 6.18 Å². The molecule has 54 heavy (non-hydrogen) atoms. The number of alkyl halides is 7. The van der Waals surface area contributed by atoms with Gasteiger partial charge in [-0.1, -0.05) is 6.07 Å². The van der Waals surface area contributed by atoms with Gasteiger partial charge in [0.15, 0.2) is 17.3 Å². The Kier molecular flexibility index (Phi) is 10.2. The molecule has 1 aliphatic heterocycles. The fourth-order valence-corrected chi connectivity index (χ4v) is 6.83. The smallest absolute Gasteiger partial charge is 0.340 e. The summed E-state index contributed by atoms with van der Waals surface area (Å²) < 4.78 is 145. The first-order chi connectivity index (χ1) is 25.2. The summed E-state index contributed by atoms with van der Waals surface area (Å²) >= 11 is 0. The first-order valence-electron chi connectivity index (χ1n) is 16.6. The zero-order valence-corrected chi connectivity index (χ0v) is 28.2. The molecule has 8 nitrogen and oxygen atoms in total. The van der Waals surface area contributed by atoms with E-state index in [-0.39, 0.29) is 70.3 Å². The van der Waals surface area contributed by atoms with E-state index in [1.54, 1.807) is 4.90 Å². The monoisotopic (exact) mass is 769 g/mol. The molecule has 1 saturated heterocycles. The molecular weight excluding hydrogens is 740 g/mol. The van der Waals surface area contributed by atoms with Gasteiger partial charge in [0, 0.05) is 68.9 Å². The van der Waals surface area contributed by atoms with Crippen molar-refractivity contribution in [1.29, 1.82) is 0 Å². The Bertz CT molecular complexity index is 2120. The van der Waals surface area contributed by atoms with E-state index in [1.807, 2.05) is 0 Å². The maximum atomic E-state index is 15.1. The number of nitrogens with zero attached hydrogens (tertiary/aromatic N) is 5. The number of piperidine rings is 1. The van der Waals surface area contributed by atoms with E-state index in [9.17, 15) is 49.5 Å². The van der Waals surface area contributed by atoms with E-state index >= 15 is 8.78 Å². The SMILES string of the molecule is CC(=O)c1cc(-c2cnc(N3CCC(=O)CC3)nc2[C@@H](CC(=O)Cn2nc(C(F)(F)F)c3c2C(F)(F)CCC3(F)F)Cc2cc(F)cc(F)c2)ccc1F. The van der Waals surface area contributed by atoms with Crippen LogP contribution in [0.25, 0.3) is 11.1 Å². The van der Waals surface area contributed by atoms with Gasteiger partial charge in [0.2, 0.25) is 5.95 Å². The van der Waals surface area contributed by atoms with Crippen molar-refractivity contribution in [2.45, 2.75) is 75.9 Å². The first-order valence-corrected chi connectivity index (χ1v) is 16.6. The molecule has 0 saturated carbocycles. The van der Waals surface area contributed by atoms with Crippen LogP contribution < -0.4 is 4.90 Å². The molecule has 1 fully saturated rings. The summed E-state index contributed by atoms with van der Waals surface area (Å²) in [5.74, 6) is -14.5. The van der Waals surface area contributed by atoms with E-state index < -0.39 is 102 Å². The van der Waals surface area contributed by atoms with Crippen molar-refractivity contribution in [3.05, 3.63) is 93.8 Å². The number of hydrogen-bond acceptors (Lipinski definition) is 7. The van der Waals surface area contributed by atoms with Gasteiger partial charge < -0.3 is 4.90 Å². The molecule has 0 radical (unpaired) electrons. The molecule has 0 unspecified atom stereocenters. The van der Waals surface area contributed by atoms with Crippen molar-refractivity contribution in [2.24, 2.45) is 0 Å². The van der Waals surface area contributed by atoms with Crippen molar-refractivity contribution in [2.75, 3.05) is 18.0 Å². The first kappa shape index (κ1) is 38.6. The molecular formula is C36H29F10N5O3. The van der Waals surface area contributed by atoms with Crippen molar-refractivity contribution in [3.63, 3.8) is 0 Å². The van der Waals surface area contributed by atoms with Crippen LogP contribution >= 0.6 is 0 Å². The number of aromatic nitrogens is 4. The summed E-state index contributed by atoms with van der Waals surface area (Å²) in [7, 11) is 0. The van der Waals surface area contributed by atoms with E-state index in [2.05, 4.69) is 15.1 Å². The fourth-order valence-electron chi connectivity index (χ4n) is 6.83. The second-order valence-electron chi connectivity index (χ2n) is 13.3. The Hall–Kier alpha value is -5.16. The lowest BCUT2D eigenvalue weighted by atomic mass is 9.86. The summed E-state index contributed by atoms with van der Waals surface area (Å²) in [4.78, 5) is 48.6. The predicted molar refractivity (Wildman–Crippen MR) is 171 cm³/mol. The van der Waals surface area contributed by atoms with Crippen LogP contribution in [0.5, 0.6) is 0 Å². The van der Waals surface area contributed by atoms with E-state index in [1.165, 1.54) is 18.3 Å². The molecule has 0 spiro atoms. The standard InChI is InChI=1S/C36H29F10N5O3/c1-18(52)26-14-20(2-3-28(26)39)27-16-47-33(50-8-4-24(53)5-9-50)48-30(27)21(10-19-11-22(37)15-23(38)12-19)13-25(54)17-51-32-29(31(49-51)36(44,45)46)34(40,41)6-7-35(32,42)43/h2-3,11-12,14-16,21H,4-10,13,17H2,1H3/t21-/m1/s1. The van der Waals surface area contributed by atoms with Gasteiger partial charge in [0.05, 0.1) is 16.8 Å². The number of benzene rings is 2. The molecule has 3 heterocycles. The van der Waals surface area contributed by atoms with Crippen LogP contribution in [0.1, 0.15) is 83.5 Å². The van der Waals surface area contributed by atoms with Crippen LogP contribution in [0.2, 0.25) is 0 Å². The lowest BCUT2D eigenvalue weighted by Gasteiger charge is -2.30. The van der Waals surface area contributed by atoms with E-state index in [0.29, 0.717) is 6.07 Å². The fraction of sp³-hybridized carbons (Fsp3) is 0.389. The largest absolute Gasteiger partial charge is 0.435 e. The Morgan fingerprint density at radius 3 is 2.20 bits per heavy atom. The number of carbonyl (C=O) groups is 3. The lowest BCUT2D eigenvalue weighted by Crippen LogP contribution is -2.35. The molecule has 0 amide bonds. The maximum absolute atomic E-state index is 15.1. The van der Waals surface area contributed by atoms with Gasteiger partial charge in [-0.25, -0.2) is 31.9 Å². The highest BCUT2D eigenvalue weighted by Gasteiger charge is 2.57. The molecule has 0 N–H and O–H groups in total. The predicted octanol–water partition coefficient (Wildman–Crippen LogP) is 8.11. The van der Waals surface area contributed by atoms with Crippen LogP contribution in [-0.2, 0) is 40.6 Å². The number of halogens is 10. The van der Waals surface area contributed by atoms with Crippen LogP contribution in [-0.4, -0.2) is 50.2 Å². The van der Waals surface area contributed by atoms with Crippen molar-refractivity contribution in [1.82, 2.24) is 19.7 Å². The number of rotatable bonds is 10. The Balaban J connectivity index is 1.48. The lowest BCUT2D eigenvalue weighted by molar-refractivity contribution is -0.149. The summed E-state index contributed by atoms with van der Waals surface area (Å²) in [6.45, 7) is 0.154. The quantitative estimate of drug-likeness (QED) is 0.119. The molecule has 2 aromatic heterocycles. The average molecular weight is 770 g/mol. The Labute approximate surface area is 300 Å². The van der Waals surface area contributed by atoms with E-state index in [0.717, 1.165) is 25.1 Å². The van der Waals surface area contributed by atoms with Crippen LogP contribution in [0.4, 0.5) is 49.9 Å². The van der Waals surface area contributed by atoms with Gasteiger partial charge in [0.1, 0.15) is 35.5 Å². The topological polar surface area (TPSA) is 98.0 Å². The third kappa shape index (κ3) is 7.87. The second kappa shape index (κ2) is 14.2. The second-order valence-corrected chi connectivity index (χ2v) is 13.3. The third-order valence-electron chi connectivity index (χ3n) is 9.34. The summed E-state index contributed by atoms with van der Waals surface area (Å²) in [5.41, 5.74) is -6.21. The molecule has 18 heteroatoms. The molecule has 4 aromatic rings. The zero-order valence-electron chi connectivity index (χ0n) is 28.2. The number of hydrogen-bond donors (Lipinski definition) is 0. The van der Waals surface area contributed by atoms with Gasteiger partial charge in [-0.3, -0.25) is 19.1 Å². The van der Waals surface area contributed by atoms with Gasteiger partial charge in [-0.2, -0.15) is 27.1 Å². The van der Waals surface area contributed by atoms with Gasteiger partial charge in [-0.05, 0) is 48.7 Å².